The lowest BCUT2D eigenvalue weighted by atomic mass is 10.2. The summed E-state index contributed by atoms with van der Waals surface area (Å²) in [5.74, 6) is -0.149. The fourth-order valence-electron chi connectivity index (χ4n) is 2.50. The predicted octanol–water partition coefficient (Wildman–Crippen LogP) is 2.51. The van der Waals surface area contributed by atoms with Crippen LogP contribution in [0.4, 0.5) is 0 Å². The Labute approximate surface area is 125 Å². The molecule has 1 amide bonds. The van der Waals surface area contributed by atoms with Gasteiger partial charge >= 0.3 is 0 Å². The zero-order valence-corrected chi connectivity index (χ0v) is 13.0. The summed E-state index contributed by atoms with van der Waals surface area (Å²) in [7, 11) is 0. The molecular weight excluding hydrogens is 264 g/mol. The van der Waals surface area contributed by atoms with E-state index in [0.29, 0.717) is 5.56 Å². The Morgan fingerprint density at radius 3 is 2.62 bits per heavy atom. The molecule has 0 spiro atoms. The first-order valence-corrected chi connectivity index (χ1v) is 7.11. The van der Waals surface area contributed by atoms with E-state index in [1.165, 1.54) is 5.56 Å². The second-order valence-corrected chi connectivity index (χ2v) is 5.52. The molecule has 0 saturated carbocycles. The Kier molecular flexibility index (Phi) is 4.48. The van der Waals surface area contributed by atoms with E-state index < -0.39 is 0 Å². The number of benzene rings is 1. The zero-order chi connectivity index (χ0) is 15.6. The molecule has 0 aliphatic rings. The van der Waals surface area contributed by atoms with Crippen LogP contribution in [0.15, 0.2) is 30.3 Å². The molecule has 21 heavy (non-hydrogen) atoms. The van der Waals surface area contributed by atoms with Gasteiger partial charge in [0, 0.05) is 23.1 Å². The normalized spacial score (nSPS) is 12.2. The number of nitrogens with one attached hydrogen (secondary N) is 1. The van der Waals surface area contributed by atoms with Crippen LogP contribution in [0.25, 0.3) is 5.69 Å². The molecule has 0 saturated heterocycles. The smallest absolute Gasteiger partial charge is 0.253 e. The van der Waals surface area contributed by atoms with Gasteiger partial charge in [-0.1, -0.05) is 12.1 Å². The molecule has 0 radical (unpaired) electrons. The minimum Gasteiger partial charge on any atom is -0.394 e. The van der Waals surface area contributed by atoms with Crippen LogP contribution in [0.1, 0.15) is 34.2 Å². The summed E-state index contributed by atoms with van der Waals surface area (Å²) in [5, 5.41) is 11.8. The second-order valence-electron chi connectivity index (χ2n) is 5.52. The minimum atomic E-state index is -0.250. The van der Waals surface area contributed by atoms with Crippen molar-refractivity contribution in [2.75, 3.05) is 6.61 Å². The maximum absolute atomic E-state index is 12.3. The van der Waals surface area contributed by atoms with Gasteiger partial charge in [0.2, 0.25) is 0 Å². The van der Waals surface area contributed by atoms with Gasteiger partial charge in [0.25, 0.3) is 5.91 Å². The summed E-state index contributed by atoms with van der Waals surface area (Å²) in [4.78, 5) is 12.3. The predicted molar refractivity (Wildman–Crippen MR) is 84.0 cm³/mol. The third kappa shape index (κ3) is 3.16. The molecule has 1 aromatic carbocycles. The van der Waals surface area contributed by atoms with Crippen LogP contribution < -0.4 is 5.32 Å². The molecule has 1 aromatic heterocycles. The molecule has 112 valence electrons. The van der Waals surface area contributed by atoms with Crippen LogP contribution in [0.3, 0.4) is 0 Å². The Morgan fingerprint density at radius 1 is 1.29 bits per heavy atom. The van der Waals surface area contributed by atoms with Gasteiger partial charge in [-0.25, -0.2) is 0 Å². The van der Waals surface area contributed by atoms with Crippen LogP contribution in [-0.4, -0.2) is 28.2 Å². The molecule has 0 unspecified atom stereocenters. The van der Waals surface area contributed by atoms with E-state index in [4.69, 9.17) is 5.11 Å². The first-order chi connectivity index (χ1) is 9.93. The molecule has 0 fully saturated rings. The molecule has 2 rings (SSSR count). The van der Waals surface area contributed by atoms with E-state index in [1.54, 1.807) is 6.92 Å². The van der Waals surface area contributed by atoms with Gasteiger partial charge in [0.15, 0.2) is 0 Å². The van der Waals surface area contributed by atoms with Crippen molar-refractivity contribution in [1.82, 2.24) is 9.88 Å². The van der Waals surface area contributed by atoms with Crippen LogP contribution in [0, 0.1) is 20.8 Å². The third-order valence-corrected chi connectivity index (χ3v) is 3.59. The van der Waals surface area contributed by atoms with Crippen molar-refractivity contribution < 1.29 is 9.90 Å². The van der Waals surface area contributed by atoms with Gasteiger partial charge in [-0.05, 0) is 51.5 Å². The van der Waals surface area contributed by atoms with Gasteiger partial charge in [-0.15, -0.1) is 0 Å². The highest BCUT2D eigenvalue weighted by atomic mass is 16.3. The summed E-state index contributed by atoms with van der Waals surface area (Å²) < 4.78 is 2.07. The van der Waals surface area contributed by atoms with Crippen molar-refractivity contribution in [1.29, 1.82) is 0 Å². The largest absolute Gasteiger partial charge is 0.394 e. The zero-order valence-electron chi connectivity index (χ0n) is 13.0. The van der Waals surface area contributed by atoms with E-state index in [1.807, 2.05) is 45.0 Å². The lowest BCUT2D eigenvalue weighted by molar-refractivity contribution is 0.0921. The standard InChI is InChI=1S/C17H22N2O2/c1-11-6-5-7-15(8-11)19-13(3)9-16(14(19)4)17(21)18-12(2)10-20/h5-9,12,20H,10H2,1-4H3,(H,18,21)/t12-/m0/s1. The van der Waals surface area contributed by atoms with Crippen molar-refractivity contribution in [3.05, 3.63) is 52.8 Å². The molecule has 1 atom stereocenters. The first-order valence-electron chi connectivity index (χ1n) is 7.11. The monoisotopic (exact) mass is 286 g/mol. The van der Waals surface area contributed by atoms with E-state index in [-0.39, 0.29) is 18.6 Å². The van der Waals surface area contributed by atoms with Crippen molar-refractivity contribution in [3.63, 3.8) is 0 Å². The molecular formula is C17H22N2O2. The van der Waals surface area contributed by atoms with Crippen molar-refractivity contribution in [2.45, 2.75) is 33.7 Å². The Balaban J connectivity index is 2.40. The number of aryl methyl sites for hydroxylation is 2. The Hall–Kier alpha value is -2.07. The summed E-state index contributed by atoms with van der Waals surface area (Å²) in [6, 6.07) is 9.82. The second kappa shape index (κ2) is 6.14. The molecule has 0 aliphatic heterocycles. The van der Waals surface area contributed by atoms with Gasteiger partial charge in [0.05, 0.1) is 12.2 Å². The maximum atomic E-state index is 12.3. The number of hydrogen-bond donors (Lipinski definition) is 2. The highest BCUT2D eigenvalue weighted by molar-refractivity contribution is 5.96. The van der Waals surface area contributed by atoms with Gasteiger partial charge in [-0.3, -0.25) is 4.79 Å². The van der Waals surface area contributed by atoms with E-state index in [2.05, 4.69) is 16.0 Å². The molecule has 4 heteroatoms. The Bertz CT molecular complexity index is 659. The van der Waals surface area contributed by atoms with Crippen molar-refractivity contribution in [2.24, 2.45) is 0 Å². The number of carbonyl (C=O) groups excluding carboxylic acids is 1. The van der Waals surface area contributed by atoms with Gasteiger partial charge in [0.1, 0.15) is 0 Å². The van der Waals surface area contributed by atoms with Crippen LogP contribution in [-0.2, 0) is 0 Å². The lowest BCUT2D eigenvalue weighted by Crippen LogP contribution is -2.35. The number of carbonyl (C=O) groups is 1. The average Bonchev–Trinajstić information content (AvgIpc) is 2.74. The molecule has 0 aliphatic carbocycles. The summed E-state index contributed by atoms with van der Waals surface area (Å²) in [6.45, 7) is 7.68. The molecule has 0 bridgehead atoms. The van der Waals surface area contributed by atoms with E-state index in [0.717, 1.165) is 17.1 Å². The molecule has 2 aromatic rings. The highest BCUT2D eigenvalue weighted by Gasteiger charge is 2.17. The molecule has 1 heterocycles. The van der Waals surface area contributed by atoms with Crippen LogP contribution in [0.2, 0.25) is 0 Å². The van der Waals surface area contributed by atoms with Crippen molar-refractivity contribution in [3.8, 4) is 5.69 Å². The number of aliphatic hydroxyl groups is 1. The quantitative estimate of drug-likeness (QED) is 0.907. The number of hydrogen-bond acceptors (Lipinski definition) is 2. The number of aliphatic hydroxyl groups excluding tert-OH is 1. The SMILES string of the molecule is Cc1cccc(-n2c(C)cc(C(=O)N[C@@H](C)CO)c2C)c1. The number of amides is 1. The van der Waals surface area contributed by atoms with Crippen LogP contribution in [0.5, 0.6) is 0 Å². The van der Waals surface area contributed by atoms with Gasteiger partial charge in [-0.2, -0.15) is 0 Å². The highest BCUT2D eigenvalue weighted by Crippen LogP contribution is 2.21. The Morgan fingerprint density at radius 2 is 2.00 bits per heavy atom. The summed E-state index contributed by atoms with van der Waals surface area (Å²) >= 11 is 0. The van der Waals surface area contributed by atoms with Crippen LogP contribution >= 0.6 is 0 Å². The lowest BCUT2D eigenvalue weighted by Gasteiger charge is -2.12. The number of rotatable bonds is 4. The third-order valence-electron chi connectivity index (χ3n) is 3.59. The molecule has 4 nitrogen and oxygen atoms in total. The van der Waals surface area contributed by atoms with Crippen molar-refractivity contribution >= 4 is 5.91 Å². The van der Waals surface area contributed by atoms with Gasteiger partial charge < -0.3 is 15.0 Å². The first kappa shape index (κ1) is 15.3. The van der Waals surface area contributed by atoms with E-state index >= 15 is 0 Å². The summed E-state index contributed by atoms with van der Waals surface area (Å²) in [5.41, 5.74) is 4.80. The maximum Gasteiger partial charge on any atom is 0.253 e. The number of aromatic nitrogens is 1. The molecule has 2 N–H and O–H groups in total. The topological polar surface area (TPSA) is 54.3 Å². The minimum absolute atomic E-state index is 0.0671. The fourth-order valence-corrected chi connectivity index (χ4v) is 2.50. The average molecular weight is 286 g/mol. The van der Waals surface area contributed by atoms with E-state index in [9.17, 15) is 4.79 Å². The number of nitrogens with zero attached hydrogens (tertiary/aromatic N) is 1. The summed E-state index contributed by atoms with van der Waals surface area (Å²) in [6.07, 6.45) is 0. The fraction of sp³-hybridized carbons (Fsp3) is 0.353.